The number of hydrogen-bond acceptors (Lipinski definition) is 5. The molecule has 2 atom stereocenters. The summed E-state index contributed by atoms with van der Waals surface area (Å²) in [6.07, 6.45) is 3.87. The van der Waals surface area contributed by atoms with E-state index in [1.165, 1.54) is 0 Å². The molecule has 184 valence electrons. The fraction of sp³-hybridized carbons (Fsp3) is 0.214. The lowest BCUT2D eigenvalue weighted by molar-refractivity contribution is 0.340. The van der Waals surface area contributed by atoms with Gasteiger partial charge in [-0.25, -0.2) is 0 Å². The lowest BCUT2D eigenvalue weighted by Crippen LogP contribution is -2.30. The molecule has 2 unspecified atom stereocenters. The van der Waals surface area contributed by atoms with Crippen LogP contribution in [0.2, 0.25) is 0 Å². The van der Waals surface area contributed by atoms with Crippen molar-refractivity contribution < 1.29 is 14.2 Å². The van der Waals surface area contributed by atoms with Gasteiger partial charge in [-0.2, -0.15) is 0 Å². The van der Waals surface area contributed by atoms with Crippen molar-refractivity contribution in [2.75, 3.05) is 25.7 Å². The molecule has 1 saturated heterocycles. The molecule has 7 nitrogen and oxygen atoms in total. The highest BCUT2D eigenvalue weighted by Crippen LogP contribution is 2.45. The van der Waals surface area contributed by atoms with Crippen molar-refractivity contribution in [1.82, 2.24) is 14.9 Å². The van der Waals surface area contributed by atoms with Crippen LogP contribution in [0.3, 0.4) is 0 Å². The Morgan fingerprint density at radius 3 is 2.44 bits per heavy atom. The van der Waals surface area contributed by atoms with Gasteiger partial charge in [0.05, 0.1) is 38.2 Å². The summed E-state index contributed by atoms with van der Waals surface area (Å²) in [5.41, 5.74) is 3.83. The number of thiocarbonyl (C=S) groups is 1. The van der Waals surface area contributed by atoms with Gasteiger partial charge in [-0.3, -0.25) is 4.98 Å². The van der Waals surface area contributed by atoms with Crippen molar-refractivity contribution in [3.8, 4) is 22.9 Å². The topological polar surface area (TPSA) is 60.8 Å². The Morgan fingerprint density at radius 2 is 1.75 bits per heavy atom. The molecule has 36 heavy (non-hydrogen) atoms. The van der Waals surface area contributed by atoms with Crippen LogP contribution in [0.1, 0.15) is 30.4 Å². The molecule has 2 aromatic heterocycles. The molecule has 0 bridgehead atoms. The summed E-state index contributed by atoms with van der Waals surface area (Å²) in [5, 5.41) is 4.11. The van der Waals surface area contributed by atoms with E-state index in [4.69, 9.17) is 26.4 Å². The van der Waals surface area contributed by atoms with Gasteiger partial charge in [-0.1, -0.05) is 6.07 Å². The first-order chi connectivity index (χ1) is 17.6. The first-order valence-electron chi connectivity index (χ1n) is 11.8. The summed E-state index contributed by atoms with van der Waals surface area (Å²) in [6, 6.07) is 23.6. The molecule has 3 heterocycles. The molecule has 1 aliphatic heterocycles. The van der Waals surface area contributed by atoms with E-state index in [0.29, 0.717) is 23.2 Å². The van der Waals surface area contributed by atoms with Crippen LogP contribution in [0.5, 0.6) is 17.2 Å². The maximum absolute atomic E-state index is 5.90. The smallest absolute Gasteiger partial charge is 0.174 e. The Hall–Kier alpha value is -4.04. The van der Waals surface area contributed by atoms with Gasteiger partial charge in [0.2, 0.25) is 0 Å². The lowest BCUT2D eigenvalue weighted by atomic mass is 10.0. The van der Waals surface area contributed by atoms with Gasteiger partial charge in [0.25, 0.3) is 0 Å². The molecule has 1 N–H and O–H groups in total. The van der Waals surface area contributed by atoms with Crippen LogP contribution in [0.25, 0.3) is 5.69 Å². The molecule has 0 radical (unpaired) electrons. The Labute approximate surface area is 216 Å². The molecule has 2 aromatic carbocycles. The molecular weight excluding hydrogens is 472 g/mol. The van der Waals surface area contributed by atoms with Gasteiger partial charge >= 0.3 is 0 Å². The second kappa shape index (κ2) is 10.3. The summed E-state index contributed by atoms with van der Waals surface area (Å²) in [5.74, 6) is 2.23. The van der Waals surface area contributed by atoms with Gasteiger partial charge < -0.3 is 29.0 Å². The van der Waals surface area contributed by atoms with Gasteiger partial charge in [-0.05, 0) is 79.8 Å². The number of nitrogens with zero attached hydrogens (tertiary/aromatic N) is 3. The van der Waals surface area contributed by atoms with Gasteiger partial charge in [0.1, 0.15) is 23.3 Å². The van der Waals surface area contributed by atoms with Crippen LogP contribution in [-0.4, -0.2) is 35.5 Å². The van der Waals surface area contributed by atoms with Crippen molar-refractivity contribution in [1.29, 1.82) is 0 Å². The van der Waals surface area contributed by atoms with Crippen molar-refractivity contribution in [2.24, 2.45) is 0 Å². The number of hydrogen-bond donors (Lipinski definition) is 1. The third kappa shape index (κ3) is 4.35. The first-order valence-corrected chi connectivity index (χ1v) is 12.2. The van der Waals surface area contributed by atoms with E-state index in [2.05, 4.69) is 44.2 Å². The van der Waals surface area contributed by atoms with E-state index < -0.39 is 0 Å². The third-order valence-corrected chi connectivity index (χ3v) is 6.57. The number of anilines is 1. The van der Waals surface area contributed by atoms with Crippen molar-refractivity contribution in [3.05, 3.63) is 96.6 Å². The minimum atomic E-state index is -0.198. The van der Waals surface area contributed by atoms with E-state index in [1.54, 1.807) is 20.4 Å². The number of rotatable bonds is 8. The molecular formula is C28H28N4O3S. The van der Waals surface area contributed by atoms with Crippen LogP contribution in [-0.2, 0) is 0 Å². The molecule has 1 aliphatic rings. The van der Waals surface area contributed by atoms with Crippen molar-refractivity contribution in [2.45, 2.75) is 19.0 Å². The molecule has 8 heteroatoms. The van der Waals surface area contributed by atoms with Crippen LogP contribution in [0.15, 0.2) is 85.2 Å². The number of aromatic nitrogens is 2. The predicted octanol–water partition coefficient (Wildman–Crippen LogP) is 5.47. The maximum Gasteiger partial charge on any atom is 0.174 e. The minimum Gasteiger partial charge on any atom is -0.497 e. The van der Waals surface area contributed by atoms with E-state index in [9.17, 15) is 0 Å². The number of ether oxygens (including phenoxy) is 3. The number of pyridine rings is 1. The van der Waals surface area contributed by atoms with E-state index in [-0.39, 0.29) is 12.1 Å². The molecule has 0 aliphatic carbocycles. The minimum absolute atomic E-state index is 0.179. The maximum atomic E-state index is 5.90. The third-order valence-electron chi connectivity index (χ3n) is 6.25. The normalized spacial score (nSPS) is 17.1. The summed E-state index contributed by atoms with van der Waals surface area (Å²) in [7, 11) is 3.29. The highest BCUT2D eigenvalue weighted by molar-refractivity contribution is 7.80. The zero-order chi connectivity index (χ0) is 25.1. The van der Waals surface area contributed by atoms with Gasteiger partial charge in [0, 0.05) is 29.8 Å². The second-order valence-corrected chi connectivity index (χ2v) is 8.65. The molecule has 5 rings (SSSR count). The zero-order valence-corrected chi connectivity index (χ0v) is 21.2. The summed E-state index contributed by atoms with van der Waals surface area (Å²) < 4.78 is 19.0. The fourth-order valence-corrected chi connectivity index (χ4v) is 4.98. The Balaban J connectivity index is 1.64. The first kappa shape index (κ1) is 23.7. The number of benzene rings is 2. The van der Waals surface area contributed by atoms with E-state index in [0.717, 1.165) is 28.5 Å². The Kier molecular flexibility index (Phi) is 6.77. The average Bonchev–Trinajstić information content (AvgIpc) is 3.53. The lowest BCUT2D eigenvalue weighted by Gasteiger charge is -2.30. The predicted molar refractivity (Wildman–Crippen MR) is 144 cm³/mol. The van der Waals surface area contributed by atoms with Crippen molar-refractivity contribution >= 4 is 23.0 Å². The summed E-state index contributed by atoms with van der Waals surface area (Å²) >= 11 is 5.90. The SMILES string of the molecule is CCOc1ccc(-n2cccc2C2C(c3ccccn3)NC(=S)N2c2ccc(OC)cc2OC)cc1. The monoisotopic (exact) mass is 500 g/mol. The quantitative estimate of drug-likeness (QED) is 0.322. The van der Waals surface area contributed by atoms with Crippen LogP contribution in [0, 0.1) is 0 Å². The Bertz CT molecular complexity index is 1340. The highest BCUT2D eigenvalue weighted by atomic mass is 32.1. The second-order valence-electron chi connectivity index (χ2n) is 8.26. The van der Waals surface area contributed by atoms with Gasteiger partial charge in [0.15, 0.2) is 5.11 Å². The van der Waals surface area contributed by atoms with Crippen LogP contribution in [0.4, 0.5) is 5.69 Å². The fourth-order valence-electron chi connectivity index (χ4n) is 4.64. The van der Waals surface area contributed by atoms with E-state index in [1.807, 2.05) is 61.5 Å². The average molecular weight is 501 g/mol. The Morgan fingerprint density at radius 1 is 0.944 bits per heavy atom. The van der Waals surface area contributed by atoms with E-state index >= 15 is 0 Å². The van der Waals surface area contributed by atoms with Crippen LogP contribution >= 0.6 is 12.2 Å². The number of nitrogens with one attached hydrogen (secondary N) is 1. The molecule has 0 amide bonds. The molecule has 0 saturated carbocycles. The molecule has 1 fully saturated rings. The van der Waals surface area contributed by atoms with Gasteiger partial charge in [-0.15, -0.1) is 0 Å². The standard InChI is InChI=1S/C28H28N4O3S/c1-4-35-20-12-10-19(11-13-20)31-17-7-9-24(31)27-26(22-8-5-6-16-29-22)30-28(36)32(27)23-15-14-21(33-2)18-25(23)34-3/h5-18,26-27H,4H2,1-3H3,(H,30,36). The molecule has 4 aromatic rings. The van der Waals surface area contributed by atoms with Crippen LogP contribution < -0.4 is 24.4 Å². The summed E-state index contributed by atoms with van der Waals surface area (Å²) in [6.45, 7) is 2.61. The molecule has 0 spiro atoms. The highest BCUT2D eigenvalue weighted by Gasteiger charge is 2.43. The largest absolute Gasteiger partial charge is 0.497 e. The zero-order valence-electron chi connectivity index (χ0n) is 20.4. The summed E-state index contributed by atoms with van der Waals surface area (Å²) in [4.78, 5) is 6.77. The van der Waals surface area contributed by atoms with Crippen molar-refractivity contribution in [3.63, 3.8) is 0 Å². The number of methoxy groups -OCH3 is 2.